The summed E-state index contributed by atoms with van der Waals surface area (Å²) in [5.41, 5.74) is 11.0. The Morgan fingerprint density at radius 3 is 1.58 bits per heavy atom. The van der Waals surface area contributed by atoms with Gasteiger partial charge in [-0.15, -0.1) is 0 Å². The van der Waals surface area contributed by atoms with Crippen LogP contribution in [-0.4, -0.2) is 41.5 Å². The zero-order valence-corrected chi connectivity index (χ0v) is 17.3. The van der Waals surface area contributed by atoms with Gasteiger partial charge in [0.1, 0.15) is 6.10 Å². The van der Waals surface area contributed by atoms with Gasteiger partial charge >= 0.3 is 12.1 Å². The van der Waals surface area contributed by atoms with Gasteiger partial charge in [-0.1, -0.05) is 0 Å². The van der Waals surface area contributed by atoms with E-state index in [-0.39, 0.29) is 31.5 Å². The largest absolute Gasteiger partial charge is 0.506 e. The fourth-order valence-electron chi connectivity index (χ4n) is 3.27. The van der Waals surface area contributed by atoms with Crippen LogP contribution >= 0.6 is 0 Å². The Kier molecular flexibility index (Phi) is 12.2. The molecule has 2 aliphatic rings. The number of hydrogen-bond acceptors (Lipinski definition) is 5. The van der Waals surface area contributed by atoms with Crippen molar-refractivity contribution in [2.24, 2.45) is 29.2 Å². The van der Waals surface area contributed by atoms with Crippen molar-refractivity contribution in [3.63, 3.8) is 0 Å². The summed E-state index contributed by atoms with van der Waals surface area (Å²) in [7, 11) is 0. The second kappa shape index (κ2) is 12.6. The molecule has 8 heteroatoms. The first-order chi connectivity index (χ1) is 11.0. The van der Waals surface area contributed by atoms with Gasteiger partial charge in [0.25, 0.3) is 0 Å². The van der Waals surface area contributed by atoms with Gasteiger partial charge in [-0.05, 0) is 76.3 Å². The first kappa shape index (κ1) is 23.3. The van der Waals surface area contributed by atoms with E-state index in [1.54, 1.807) is 0 Å². The van der Waals surface area contributed by atoms with Gasteiger partial charge in [0.15, 0.2) is 0 Å². The predicted molar refractivity (Wildman–Crippen MR) is 86.0 cm³/mol. The molecule has 6 N–H and O–H groups in total. The van der Waals surface area contributed by atoms with Crippen molar-refractivity contribution >= 4 is 12.1 Å². The Hall–Kier alpha value is -0.717. The van der Waals surface area contributed by atoms with Crippen LogP contribution < -0.4 is 11.5 Å². The second-order valence-electron chi connectivity index (χ2n) is 6.55. The molecule has 0 unspecified atom stereocenters. The number of ether oxygens (including phenoxy) is 1. The SMILES string of the molecule is NCC1CCC(C(=O)O)CC1.NCC1CCC(OC(=O)O)CC1.[Zn]. The van der Waals surface area contributed by atoms with Gasteiger partial charge < -0.3 is 26.4 Å². The van der Waals surface area contributed by atoms with Crippen LogP contribution in [0.15, 0.2) is 0 Å². The molecule has 7 nitrogen and oxygen atoms in total. The molecule has 2 aliphatic carbocycles. The van der Waals surface area contributed by atoms with Crippen molar-refractivity contribution in [1.29, 1.82) is 0 Å². The molecule has 0 aromatic heterocycles. The van der Waals surface area contributed by atoms with Crippen molar-refractivity contribution in [3.8, 4) is 0 Å². The van der Waals surface area contributed by atoms with Crippen molar-refractivity contribution in [1.82, 2.24) is 0 Å². The number of carboxylic acid groups (broad SMARTS) is 2. The molecule has 0 saturated heterocycles. The van der Waals surface area contributed by atoms with Gasteiger partial charge in [0, 0.05) is 19.5 Å². The van der Waals surface area contributed by atoms with Gasteiger partial charge in [-0.25, -0.2) is 4.79 Å². The average Bonchev–Trinajstić information content (AvgIpc) is 2.55. The minimum Gasteiger partial charge on any atom is -0.481 e. The van der Waals surface area contributed by atoms with Crippen LogP contribution in [-0.2, 0) is 29.0 Å². The quantitative estimate of drug-likeness (QED) is 0.422. The summed E-state index contributed by atoms with van der Waals surface area (Å²) < 4.78 is 4.66. The smallest absolute Gasteiger partial charge is 0.481 e. The first-order valence-electron chi connectivity index (χ1n) is 8.48. The zero-order valence-electron chi connectivity index (χ0n) is 14.4. The molecule has 0 spiro atoms. The van der Waals surface area contributed by atoms with Crippen molar-refractivity contribution in [3.05, 3.63) is 0 Å². The summed E-state index contributed by atoms with van der Waals surface area (Å²) in [6, 6.07) is 0. The summed E-state index contributed by atoms with van der Waals surface area (Å²) in [5.74, 6) is 0.405. The van der Waals surface area contributed by atoms with Crippen LogP contribution in [0, 0.1) is 17.8 Å². The third-order valence-corrected chi connectivity index (χ3v) is 4.92. The van der Waals surface area contributed by atoms with E-state index in [0.29, 0.717) is 24.9 Å². The topological polar surface area (TPSA) is 136 Å². The molecule has 0 aromatic rings. The van der Waals surface area contributed by atoms with Crippen molar-refractivity contribution in [2.75, 3.05) is 13.1 Å². The van der Waals surface area contributed by atoms with Crippen LogP contribution in [0.4, 0.5) is 4.79 Å². The number of nitrogens with two attached hydrogens (primary N) is 2. The molecule has 2 rings (SSSR count). The summed E-state index contributed by atoms with van der Waals surface area (Å²) in [6.07, 6.45) is 6.01. The van der Waals surface area contributed by atoms with Crippen LogP contribution in [0.3, 0.4) is 0 Å². The Morgan fingerprint density at radius 1 is 0.833 bits per heavy atom. The molecule has 2 fully saturated rings. The molecule has 0 heterocycles. The molecule has 0 bridgehead atoms. The number of rotatable bonds is 4. The van der Waals surface area contributed by atoms with Gasteiger partial charge in [-0.2, -0.15) is 0 Å². The van der Waals surface area contributed by atoms with E-state index in [0.717, 1.165) is 51.4 Å². The van der Waals surface area contributed by atoms with Gasteiger partial charge in [0.2, 0.25) is 0 Å². The molecule has 2 saturated carbocycles. The Bertz CT molecular complexity index is 367. The van der Waals surface area contributed by atoms with Crippen molar-refractivity contribution in [2.45, 2.75) is 57.5 Å². The fourth-order valence-corrected chi connectivity index (χ4v) is 3.27. The average molecular weight is 396 g/mol. The predicted octanol–water partition coefficient (Wildman–Crippen LogP) is 2.03. The third kappa shape index (κ3) is 8.95. The molecule has 24 heavy (non-hydrogen) atoms. The van der Waals surface area contributed by atoms with Crippen LogP contribution in [0.1, 0.15) is 51.4 Å². The molecule has 0 amide bonds. The summed E-state index contributed by atoms with van der Waals surface area (Å²) in [5, 5.41) is 17.0. The monoisotopic (exact) mass is 394 g/mol. The molecule has 136 valence electrons. The minimum absolute atomic E-state index is 0. The zero-order chi connectivity index (χ0) is 17.2. The van der Waals surface area contributed by atoms with E-state index in [9.17, 15) is 9.59 Å². The number of carboxylic acids is 1. The molecule has 0 atom stereocenters. The Balaban J connectivity index is 0.000000425. The second-order valence-corrected chi connectivity index (χ2v) is 6.55. The summed E-state index contributed by atoms with van der Waals surface area (Å²) >= 11 is 0. The van der Waals surface area contributed by atoms with E-state index in [1.807, 2.05) is 0 Å². The van der Waals surface area contributed by atoms with E-state index in [2.05, 4.69) is 4.74 Å². The number of hydrogen-bond donors (Lipinski definition) is 4. The standard InChI is InChI=1S/C8H15NO3.C8H15NO2.Zn/c9-5-6-1-3-7(4-2-6)12-8(10)11;9-5-6-1-3-7(4-2-6)8(10)11;/h6-7H,1-5,9H2,(H,10,11);6-7H,1-5,9H2,(H,10,11);. The summed E-state index contributed by atoms with van der Waals surface area (Å²) in [4.78, 5) is 20.7. The van der Waals surface area contributed by atoms with Crippen LogP contribution in [0.2, 0.25) is 0 Å². The number of carbonyl (C=O) groups is 2. The Labute approximate surface area is 156 Å². The van der Waals surface area contributed by atoms with E-state index in [4.69, 9.17) is 21.7 Å². The molecule has 0 aliphatic heterocycles. The third-order valence-electron chi connectivity index (χ3n) is 4.92. The normalized spacial score (nSPS) is 29.4. The summed E-state index contributed by atoms with van der Waals surface area (Å²) in [6.45, 7) is 1.42. The van der Waals surface area contributed by atoms with E-state index < -0.39 is 12.1 Å². The van der Waals surface area contributed by atoms with Gasteiger partial charge in [-0.3, -0.25) is 4.79 Å². The van der Waals surface area contributed by atoms with E-state index >= 15 is 0 Å². The molecule has 0 radical (unpaired) electrons. The molecule has 0 aromatic carbocycles. The molecular weight excluding hydrogens is 366 g/mol. The fraction of sp³-hybridized carbons (Fsp3) is 0.875. The molecular formula is C16H30N2O5Zn. The first-order valence-corrected chi connectivity index (χ1v) is 8.48. The van der Waals surface area contributed by atoms with Crippen molar-refractivity contribution < 1.29 is 44.0 Å². The van der Waals surface area contributed by atoms with E-state index in [1.165, 1.54) is 0 Å². The Morgan fingerprint density at radius 2 is 1.25 bits per heavy atom. The maximum absolute atomic E-state index is 10.5. The maximum atomic E-state index is 10.5. The van der Waals surface area contributed by atoms with Crippen LogP contribution in [0.5, 0.6) is 0 Å². The van der Waals surface area contributed by atoms with Gasteiger partial charge in [0.05, 0.1) is 5.92 Å². The van der Waals surface area contributed by atoms with Crippen LogP contribution in [0.25, 0.3) is 0 Å². The maximum Gasteiger partial charge on any atom is 0.506 e. The number of aliphatic carboxylic acids is 1. The minimum atomic E-state index is -1.16.